The average Bonchev–Trinajstić information content (AvgIpc) is 3.75. The molecule has 0 saturated heterocycles. The van der Waals surface area contributed by atoms with Gasteiger partial charge in [-0.25, -0.2) is 9.97 Å². The number of aromatic nitrogens is 3. The molecule has 60 heavy (non-hydrogen) atoms. The summed E-state index contributed by atoms with van der Waals surface area (Å²) >= 11 is 0. The monoisotopic (exact) mass is 765 g/mol. The molecule has 0 atom stereocenters. The Morgan fingerprint density at radius 2 is 1.03 bits per heavy atom. The van der Waals surface area contributed by atoms with E-state index in [2.05, 4.69) is 206 Å². The summed E-state index contributed by atoms with van der Waals surface area (Å²) in [5, 5.41) is 5.94. The van der Waals surface area contributed by atoms with E-state index in [-0.39, 0.29) is 5.41 Å². The molecule has 9 aromatic carbocycles. The van der Waals surface area contributed by atoms with E-state index >= 15 is 0 Å². The molecule has 0 N–H and O–H groups in total. The fraction of sp³-hybridized carbons (Fsp3) is 0.0526. The summed E-state index contributed by atoms with van der Waals surface area (Å²) in [4.78, 5) is 10.3. The summed E-state index contributed by atoms with van der Waals surface area (Å²) in [7, 11) is 0. The van der Waals surface area contributed by atoms with E-state index in [1.54, 1.807) is 0 Å². The minimum Gasteiger partial charge on any atom is -0.309 e. The molecule has 282 valence electrons. The molecule has 0 fully saturated rings. The molecule has 2 aromatic heterocycles. The van der Waals surface area contributed by atoms with Crippen molar-refractivity contribution >= 4 is 43.5 Å². The lowest BCUT2D eigenvalue weighted by molar-refractivity contribution is 0.660. The topological polar surface area (TPSA) is 30.7 Å². The first kappa shape index (κ1) is 34.4. The van der Waals surface area contributed by atoms with Crippen LogP contribution in [0.1, 0.15) is 25.0 Å². The van der Waals surface area contributed by atoms with Gasteiger partial charge < -0.3 is 4.57 Å². The van der Waals surface area contributed by atoms with Gasteiger partial charge >= 0.3 is 0 Å². The van der Waals surface area contributed by atoms with Gasteiger partial charge in [0.2, 0.25) is 0 Å². The Bertz CT molecular complexity index is 3510. The molecule has 3 nitrogen and oxygen atoms in total. The van der Waals surface area contributed by atoms with Gasteiger partial charge in [-0.3, -0.25) is 0 Å². The predicted molar refractivity (Wildman–Crippen MR) is 251 cm³/mol. The first-order valence-electron chi connectivity index (χ1n) is 20.7. The number of hydrogen-bond donors (Lipinski definition) is 0. The summed E-state index contributed by atoms with van der Waals surface area (Å²) in [6, 6.07) is 72.6. The van der Waals surface area contributed by atoms with Crippen molar-refractivity contribution in [1.82, 2.24) is 14.5 Å². The van der Waals surface area contributed by atoms with Crippen LogP contribution >= 0.6 is 0 Å². The molecule has 1 aliphatic carbocycles. The fourth-order valence-corrected chi connectivity index (χ4v) is 9.79. The molecule has 3 heteroatoms. The van der Waals surface area contributed by atoms with E-state index in [0.717, 1.165) is 38.9 Å². The van der Waals surface area contributed by atoms with Crippen LogP contribution in [0.4, 0.5) is 0 Å². The van der Waals surface area contributed by atoms with Gasteiger partial charge in [-0.1, -0.05) is 172 Å². The molecule has 12 rings (SSSR count). The highest BCUT2D eigenvalue weighted by Gasteiger charge is 2.35. The third-order valence-corrected chi connectivity index (χ3v) is 12.8. The number of nitrogens with zero attached hydrogens (tertiary/aromatic N) is 3. The van der Waals surface area contributed by atoms with Crippen molar-refractivity contribution in [2.45, 2.75) is 19.3 Å². The van der Waals surface area contributed by atoms with Crippen LogP contribution < -0.4 is 0 Å². The van der Waals surface area contributed by atoms with Crippen LogP contribution in [0.2, 0.25) is 0 Å². The highest BCUT2D eigenvalue weighted by atomic mass is 15.0. The normalized spacial score (nSPS) is 13.0. The molecule has 2 heterocycles. The molecule has 0 spiro atoms. The van der Waals surface area contributed by atoms with Gasteiger partial charge in [0.05, 0.1) is 27.9 Å². The smallest absolute Gasteiger partial charge is 0.160 e. The fourth-order valence-electron chi connectivity index (χ4n) is 9.79. The summed E-state index contributed by atoms with van der Waals surface area (Å²) in [5.74, 6) is 0.715. The zero-order valence-electron chi connectivity index (χ0n) is 33.4. The maximum absolute atomic E-state index is 5.19. The summed E-state index contributed by atoms with van der Waals surface area (Å²) < 4.78 is 2.46. The lowest BCUT2D eigenvalue weighted by atomic mass is 9.81. The van der Waals surface area contributed by atoms with Crippen molar-refractivity contribution in [1.29, 1.82) is 0 Å². The Hall–Kier alpha value is -7.62. The number of fused-ring (bicyclic) bond motifs is 8. The third kappa shape index (κ3) is 5.29. The lowest BCUT2D eigenvalue weighted by Crippen LogP contribution is -2.14. The first-order chi connectivity index (χ1) is 29.5. The molecule has 0 unspecified atom stereocenters. The van der Waals surface area contributed by atoms with Gasteiger partial charge in [-0.15, -0.1) is 0 Å². The van der Waals surface area contributed by atoms with E-state index in [1.807, 2.05) is 12.1 Å². The van der Waals surface area contributed by atoms with Crippen LogP contribution in [-0.4, -0.2) is 14.5 Å². The molecule has 1 aliphatic rings. The number of rotatable bonds is 5. The molecule has 0 saturated carbocycles. The van der Waals surface area contributed by atoms with Gasteiger partial charge in [-0.2, -0.15) is 0 Å². The van der Waals surface area contributed by atoms with Crippen molar-refractivity contribution < 1.29 is 0 Å². The Labute approximate surface area is 348 Å². The Morgan fingerprint density at radius 1 is 0.383 bits per heavy atom. The largest absolute Gasteiger partial charge is 0.309 e. The SMILES string of the molecule is CC1(C)c2ccccc2-c2ccc(-c3ccc4c(c3)c3ccc(-c5cccc(-c6nc(-c7ccccc7)c7ccccc7n6)c5)cc3n4-c3cccc4ccccc34)cc21. The Morgan fingerprint density at radius 3 is 1.95 bits per heavy atom. The van der Waals surface area contributed by atoms with Crippen LogP contribution in [0.25, 0.3) is 105 Å². The minimum atomic E-state index is -0.0608. The molecular weight excluding hydrogens is 727 g/mol. The quantitative estimate of drug-likeness (QED) is 0.175. The molecule has 0 radical (unpaired) electrons. The van der Waals surface area contributed by atoms with Crippen LogP contribution in [0.15, 0.2) is 200 Å². The average molecular weight is 766 g/mol. The minimum absolute atomic E-state index is 0.0608. The van der Waals surface area contributed by atoms with E-state index in [4.69, 9.17) is 9.97 Å². The van der Waals surface area contributed by atoms with Crippen LogP contribution in [0, 0.1) is 0 Å². The highest BCUT2D eigenvalue weighted by molar-refractivity contribution is 6.12. The standard InChI is InChI=1S/C57H39N3/c1-57(2)49-23-10-8-21-44(49)45-29-26-40(34-50(45)57)39-28-31-53-48(33-39)46-30-27-41(35-54(46)60(53)52-25-13-17-36-14-6-7-20-43(36)52)38-18-12-19-42(32-38)56-58-51-24-11-9-22-47(51)55(59-56)37-15-4-3-5-16-37/h3-35H,1-2H3. The second-order valence-electron chi connectivity index (χ2n) is 16.6. The van der Waals surface area contributed by atoms with E-state index < -0.39 is 0 Å². The summed E-state index contributed by atoms with van der Waals surface area (Å²) in [5.41, 5.74) is 17.6. The van der Waals surface area contributed by atoms with Crippen LogP contribution in [0.3, 0.4) is 0 Å². The predicted octanol–water partition coefficient (Wildman–Crippen LogP) is 14.9. The van der Waals surface area contributed by atoms with Crippen molar-refractivity contribution in [3.05, 3.63) is 211 Å². The Balaban J connectivity index is 1.03. The molecule has 0 aliphatic heterocycles. The van der Waals surface area contributed by atoms with Crippen molar-refractivity contribution in [2.24, 2.45) is 0 Å². The lowest BCUT2D eigenvalue weighted by Gasteiger charge is -2.22. The highest BCUT2D eigenvalue weighted by Crippen LogP contribution is 2.50. The maximum Gasteiger partial charge on any atom is 0.160 e. The number of benzene rings is 9. The Kier molecular flexibility index (Phi) is 7.58. The van der Waals surface area contributed by atoms with Gasteiger partial charge in [0.25, 0.3) is 0 Å². The molecule has 0 amide bonds. The zero-order chi connectivity index (χ0) is 40.0. The van der Waals surface area contributed by atoms with Gasteiger partial charge in [0, 0.05) is 38.1 Å². The van der Waals surface area contributed by atoms with Crippen molar-refractivity contribution in [2.75, 3.05) is 0 Å². The van der Waals surface area contributed by atoms with Crippen LogP contribution in [0.5, 0.6) is 0 Å². The first-order valence-corrected chi connectivity index (χ1v) is 20.7. The van der Waals surface area contributed by atoms with E-state index in [0.29, 0.717) is 5.82 Å². The van der Waals surface area contributed by atoms with Crippen LogP contribution in [-0.2, 0) is 5.41 Å². The van der Waals surface area contributed by atoms with Gasteiger partial charge in [0.1, 0.15) is 0 Å². The summed E-state index contributed by atoms with van der Waals surface area (Å²) in [6.07, 6.45) is 0. The molecule has 0 bridgehead atoms. The summed E-state index contributed by atoms with van der Waals surface area (Å²) in [6.45, 7) is 4.71. The number of para-hydroxylation sites is 1. The molecular formula is C57H39N3. The van der Waals surface area contributed by atoms with Gasteiger partial charge in [0.15, 0.2) is 5.82 Å². The second kappa shape index (κ2) is 13.2. The molecule has 11 aromatic rings. The van der Waals surface area contributed by atoms with Gasteiger partial charge in [-0.05, 0) is 92.4 Å². The van der Waals surface area contributed by atoms with Crippen molar-refractivity contribution in [3.8, 4) is 61.7 Å². The number of hydrogen-bond acceptors (Lipinski definition) is 2. The van der Waals surface area contributed by atoms with E-state index in [1.165, 1.54) is 71.6 Å². The second-order valence-corrected chi connectivity index (χ2v) is 16.6. The van der Waals surface area contributed by atoms with Crippen molar-refractivity contribution in [3.63, 3.8) is 0 Å². The zero-order valence-corrected chi connectivity index (χ0v) is 33.4. The van der Waals surface area contributed by atoms with E-state index in [9.17, 15) is 0 Å². The third-order valence-electron chi connectivity index (χ3n) is 12.8. The maximum atomic E-state index is 5.19.